The van der Waals surface area contributed by atoms with E-state index in [1.165, 1.54) is 25.7 Å². The molecule has 166 valence electrons. The third-order valence-corrected chi connectivity index (χ3v) is 5.21. The van der Waals surface area contributed by atoms with Gasteiger partial charge in [0, 0.05) is 38.8 Å². The second-order valence-corrected chi connectivity index (χ2v) is 8.22. The summed E-state index contributed by atoms with van der Waals surface area (Å²) in [7, 11) is 1.77. The Labute approximate surface area is 180 Å². The van der Waals surface area contributed by atoms with Crippen molar-refractivity contribution in [3.63, 3.8) is 0 Å². The molecular formula is C23H37N5O2. The van der Waals surface area contributed by atoms with Gasteiger partial charge in [0.05, 0.1) is 6.54 Å². The molecule has 1 aromatic carbocycles. The number of nitrogens with one attached hydrogen (secondary N) is 3. The van der Waals surface area contributed by atoms with E-state index in [-0.39, 0.29) is 18.4 Å². The van der Waals surface area contributed by atoms with E-state index in [1.807, 2.05) is 24.3 Å². The summed E-state index contributed by atoms with van der Waals surface area (Å²) in [5.41, 5.74) is 1.67. The summed E-state index contributed by atoms with van der Waals surface area (Å²) in [6.07, 6.45) is 6.30. The normalized spacial score (nSPS) is 14.6. The highest BCUT2D eigenvalue weighted by molar-refractivity contribution is 5.97. The van der Waals surface area contributed by atoms with Crippen LogP contribution in [0.1, 0.15) is 61.9 Å². The molecule has 0 aliphatic carbocycles. The highest BCUT2D eigenvalue weighted by atomic mass is 16.2. The Morgan fingerprint density at radius 3 is 2.53 bits per heavy atom. The Morgan fingerprint density at radius 1 is 1.13 bits per heavy atom. The van der Waals surface area contributed by atoms with Crippen LogP contribution >= 0.6 is 0 Å². The third kappa shape index (κ3) is 8.43. The zero-order valence-corrected chi connectivity index (χ0v) is 18.7. The topological polar surface area (TPSA) is 85.8 Å². The van der Waals surface area contributed by atoms with Crippen LogP contribution in [0.15, 0.2) is 29.3 Å². The molecule has 0 atom stereocenters. The van der Waals surface area contributed by atoms with Crippen molar-refractivity contribution in [2.75, 3.05) is 33.2 Å². The van der Waals surface area contributed by atoms with Gasteiger partial charge in [0.1, 0.15) is 0 Å². The average Bonchev–Trinajstić information content (AvgIpc) is 2.75. The first-order valence-electron chi connectivity index (χ1n) is 11.1. The first-order chi connectivity index (χ1) is 14.5. The largest absolute Gasteiger partial charge is 0.356 e. The molecular weight excluding hydrogens is 378 g/mol. The molecule has 0 saturated carbocycles. The molecule has 1 aromatic rings. The Hall–Kier alpha value is -2.57. The summed E-state index contributed by atoms with van der Waals surface area (Å²) < 4.78 is 0. The van der Waals surface area contributed by atoms with Gasteiger partial charge in [-0.3, -0.25) is 14.6 Å². The maximum Gasteiger partial charge on any atom is 0.254 e. The number of hydrogen-bond donors (Lipinski definition) is 3. The number of piperazine rings is 1. The van der Waals surface area contributed by atoms with E-state index >= 15 is 0 Å². The Balaban J connectivity index is 1.69. The molecule has 0 radical (unpaired) electrons. The Bertz CT molecular complexity index is 700. The lowest BCUT2D eigenvalue weighted by atomic mass is 10.0. The quantitative estimate of drug-likeness (QED) is 0.311. The Kier molecular flexibility index (Phi) is 10.2. The standard InChI is InChI=1S/C23H37N5O2/c1-18(2)8-6-4-5-7-13-26-23(24-3)27-16-19-9-11-20(12-10-19)22(30)28-15-14-25-21(29)17-28/h9-12,18H,4-8,13-17H2,1-3H3,(H,25,29)(H2,24,26,27). The number of carbonyl (C=O) groups is 2. The maximum absolute atomic E-state index is 12.5. The van der Waals surface area contributed by atoms with Crippen molar-refractivity contribution < 1.29 is 9.59 Å². The van der Waals surface area contributed by atoms with E-state index in [0.29, 0.717) is 25.2 Å². The van der Waals surface area contributed by atoms with Crippen LogP contribution in [0.2, 0.25) is 0 Å². The smallest absolute Gasteiger partial charge is 0.254 e. The van der Waals surface area contributed by atoms with E-state index < -0.39 is 0 Å². The van der Waals surface area contributed by atoms with E-state index in [2.05, 4.69) is 34.8 Å². The fourth-order valence-corrected chi connectivity index (χ4v) is 3.40. The SMILES string of the molecule is CN=C(NCCCCCCC(C)C)NCc1ccc(C(=O)N2CCNC(=O)C2)cc1. The van der Waals surface area contributed by atoms with Crippen LogP contribution < -0.4 is 16.0 Å². The number of guanidine groups is 1. The minimum atomic E-state index is -0.107. The first-order valence-corrected chi connectivity index (χ1v) is 11.1. The van der Waals surface area contributed by atoms with E-state index in [4.69, 9.17) is 0 Å². The predicted molar refractivity (Wildman–Crippen MR) is 121 cm³/mol. The number of aliphatic imine (C=N–C) groups is 1. The minimum absolute atomic E-state index is 0.102. The van der Waals surface area contributed by atoms with Crippen LogP contribution in [0.4, 0.5) is 0 Å². The van der Waals surface area contributed by atoms with Crippen molar-refractivity contribution in [2.24, 2.45) is 10.9 Å². The Morgan fingerprint density at radius 2 is 1.87 bits per heavy atom. The summed E-state index contributed by atoms with van der Waals surface area (Å²) in [4.78, 5) is 29.8. The van der Waals surface area contributed by atoms with Gasteiger partial charge >= 0.3 is 0 Å². The number of nitrogens with zero attached hydrogens (tertiary/aromatic N) is 2. The highest BCUT2D eigenvalue weighted by Gasteiger charge is 2.22. The van der Waals surface area contributed by atoms with Crippen LogP contribution in [0.3, 0.4) is 0 Å². The molecule has 1 aliphatic rings. The molecule has 2 rings (SSSR count). The van der Waals surface area contributed by atoms with Crippen LogP contribution in [0, 0.1) is 5.92 Å². The minimum Gasteiger partial charge on any atom is -0.356 e. The van der Waals surface area contributed by atoms with Gasteiger partial charge in [-0.2, -0.15) is 0 Å². The lowest BCUT2D eigenvalue weighted by Crippen LogP contribution is -2.49. The molecule has 3 N–H and O–H groups in total. The van der Waals surface area contributed by atoms with Crippen molar-refractivity contribution in [1.29, 1.82) is 0 Å². The van der Waals surface area contributed by atoms with Crippen molar-refractivity contribution in [2.45, 2.75) is 52.5 Å². The molecule has 0 spiro atoms. The van der Waals surface area contributed by atoms with Gasteiger partial charge in [-0.05, 0) is 30.0 Å². The van der Waals surface area contributed by atoms with Crippen LogP contribution in [0.5, 0.6) is 0 Å². The second-order valence-electron chi connectivity index (χ2n) is 8.22. The maximum atomic E-state index is 12.5. The number of rotatable bonds is 10. The molecule has 0 unspecified atom stereocenters. The van der Waals surface area contributed by atoms with E-state index in [0.717, 1.165) is 30.4 Å². The number of carbonyl (C=O) groups excluding carboxylic acids is 2. The van der Waals surface area contributed by atoms with Gasteiger partial charge in [0.15, 0.2) is 5.96 Å². The van der Waals surface area contributed by atoms with Crippen molar-refractivity contribution >= 4 is 17.8 Å². The van der Waals surface area contributed by atoms with Gasteiger partial charge in [-0.15, -0.1) is 0 Å². The highest BCUT2D eigenvalue weighted by Crippen LogP contribution is 2.10. The fourth-order valence-electron chi connectivity index (χ4n) is 3.40. The third-order valence-electron chi connectivity index (χ3n) is 5.21. The molecule has 7 heteroatoms. The summed E-state index contributed by atoms with van der Waals surface area (Å²) >= 11 is 0. The molecule has 7 nitrogen and oxygen atoms in total. The van der Waals surface area contributed by atoms with E-state index in [9.17, 15) is 9.59 Å². The monoisotopic (exact) mass is 415 g/mol. The second kappa shape index (κ2) is 12.9. The average molecular weight is 416 g/mol. The van der Waals surface area contributed by atoms with Gasteiger partial charge < -0.3 is 20.9 Å². The molecule has 1 fully saturated rings. The fraction of sp³-hybridized carbons (Fsp3) is 0.609. The molecule has 2 amide bonds. The lowest BCUT2D eigenvalue weighted by Gasteiger charge is -2.26. The van der Waals surface area contributed by atoms with Gasteiger partial charge in [-0.1, -0.05) is 51.7 Å². The zero-order valence-electron chi connectivity index (χ0n) is 18.7. The van der Waals surface area contributed by atoms with Gasteiger partial charge in [0.2, 0.25) is 5.91 Å². The number of hydrogen-bond acceptors (Lipinski definition) is 3. The summed E-state index contributed by atoms with van der Waals surface area (Å²) in [5, 5.41) is 9.40. The van der Waals surface area contributed by atoms with Crippen LogP contribution in [0.25, 0.3) is 0 Å². The summed E-state index contributed by atoms with van der Waals surface area (Å²) in [6, 6.07) is 7.51. The number of unbranched alkanes of at least 4 members (excludes halogenated alkanes) is 3. The van der Waals surface area contributed by atoms with E-state index in [1.54, 1.807) is 11.9 Å². The summed E-state index contributed by atoms with van der Waals surface area (Å²) in [5.74, 6) is 1.38. The molecule has 1 heterocycles. The first kappa shape index (κ1) is 23.7. The van der Waals surface area contributed by atoms with Gasteiger partial charge in [0.25, 0.3) is 5.91 Å². The molecule has 0 aromatic heterocycles. The molecule has 30 heavy (non-hydrogen) atoms. The van der Waals surface area contributed by atoms with Crippen molar-refractivity contribution in [3.05, 3.63) is 35.4 Å². The number of amides is 2. The summed E-state index contributed by atoms with van der Waals surface area (Å²) in [6.45, 7) is 7.29. The molecule has 1 saturated heterocycles. The van der Waals surface area contributed by atoms with Crippen molar-refractivity contribution in [3.8, 4) is 0 Å². The lowest BCUT2D eigenvalue weighted by molar-refractivity contribution is -0.123. The molecule has 0 bridgehead atoms. The zero-order chi connectivity index (χ0) is 21.8. The number of benzene rings is 1. The predicted octanol–water partition coefficient (Wildman–Crippen LogP) is 2.53. The van der Waals surface area contributed by atoms with Crippen LogP contribution in [-0.2, 0) is 11.3 Å². The van der Waals surface area contributed by atoms with Gasteiger partial charge in [-0.25, -0.2) is 0 Å². The van der Waals surface area contributed by atoms with Crippen molar-refractivity contribution in [1.82, 2.24) is 20.9 Å². The van der Waals surface area contributed by atoms with Crippen LogP contribution in [-0.4, -0.2) is 55.9 Å². The molecule has 1 aliphatic heterocycles.